The fraction of sp³-hybridized carbons (Fsp3) is 1.00. The van der Waals surface area contributed by atoms with E-state index in [0.29, 0.717) is 13.2 Å². The molecule has 0 aliphatic heterocycles. The second kappa shape index (κ2) is 8.46. The number of alkyl halides is 1. The van der Waals surface area contributed by atoms with E-state index in [1.807, 2.05) is 6.92 Å². The molecule has 0 aliphatic carbocycles. The lowest BCUT2D eigenvalue weighted by molar-refractivity contribution is -0.121. The number of ether oxygens (including phenoxy) is 3. The van der Waals surface area contributed by atoms with Gasteiger partial charge in [-0.2, -0.15) is 0 Å². The molecule has 11 heavy (non-hydrogen) atoms. The third-order valence-electron chi connectivity index (χ3n) is 1.13. The van der Waals surface area contributed by atoms with Crippen molar-refractivity contribution in [1.29, 1.82) is 0 Å². The molecule has 0 bridgehead atoms. The van der Waals surface area contributed by atoms with Gasteiger partial charge in [0.15, 0.2) is 6.29 Å². The Kier molecular flexibility index (Phi) is 8.73. The molecule has 0 aromatic heterocycles. The van der Waals surface area contributed by atoms with Gasteiger partial charge in [0.05, 0.1) is 19.8 Å². The summed E-state index contributed by atoms with van der Waals surface area (Å²) in [4.78, 5) is 0. The van der Waals surface area contributed by atoms with Gasteiger partial charge in [0, 0.05) is 12.4 Å². The van der Waals surface area contributed by atoms with Crippen molar-refractivity contribution in [3.8, 4) is 0 Å². The Labute approximate surface area is 76.1 Å². The van der Waals surface area contributed by atoms with Crippen molar-refractivity contribution in [2.75, 3.05) is 32.3 Å². The van der Waals surface area contributed by atoms with Crippen molar-refractivity contribution in [2.24, 2.45) is 0 Å². The highest BCUT2D eigenvalue weighted by atomic mass is 79.9. The zero-order valence-corrected chi connectivity index (χ0v) is 8.59. The molecule has 0 unspecified atom stereocenters. The van der Waals surface area contributed by atoms with Crippen LogP contribution in [0.5, 0.6) is 0 Å². The molecule has 0 N–H and O–H groups in total. The van der Waals surface area contributed by atoms with E-state index in [1.165, 1.54) is 0 Å². The van der Waals surface area contributed by atoms with Crippen LogP contribution in [0.1, 0.15) is 6.92 Å². The Hall–Kier alpha value is 0.360. The molecule has 0 spiro atoms. The summed E-state index contributed by atoms with van der Waals surface area (Å²) in [6.07, 6.45) is -0.137. The van der Waals surface area contributed by atoms with E-state index >= 15 is 0 Å². The summed E-state index contributed by atoms with van der Waals surface area (Å²) in [5.41, 5.74) is 0. The molecule has 0 rings (SSSR count). The third-order valence-corrected chi connectivity index (χ3v) is 1.46. The van der Waals surface area contributed by atoms with Gasteiger partial charge in [0.25, 0.3) is 0 Å². The zero-order chi connectivity index (χ0) is 8.53. The van der Waals surface area contributed by atoms with E-state index in [4.69, 9.17) is 14.2 Å². The first kappa shape index (κ1) is 11.4. The summed E-state index contributed by atoms with van der Waals surface area (Å²) >= 11 is 3.25. The van der Waals surface area contributed by atoms with Crippen molar-refractivity contribution in [3.63, 3.8) is 0 Å². The monoisotopic (exact) mass is 226 g/mol. The van der Waals surface area contributed by atoms with Crippen LogP contribution in [0.25, 0.3) is 0 Å². The molecule has 0 aromatic rings. The topological polar surface area (TPSA) is 27.7 Å². The first-order valence-electron chi connectivity index (χ1n) is 3.59. The van der Waals surface area contributed by atoms with Gasteiger partial charge in [-0.3, -0.25) is 0 Å². The Morgan fingerprint density at radius 2 is 2.00 bits per heavy atom. The van der Waals surface area contributed by atoms with Crippen molar-refractivity contribution in [2.45, 2.75) is 13.2 Å². The summed E-state index contributed by atoms with van der Waals surface area (Å²) in [5.74, 6) is 0. The zero-order valence-electron chi connectivity index (χ0n) is 7.01. The molecule has 4 heteroatoms. The Balaban J connectivity index is 2.89. The lowest BCUT2D eigenvalue weighted by Crippen LogP contribution is -2.14. The Morgan fingerprint density at radius 3 is 2.55 bits per heavy atom. The van der Waals surface area contributed by atoms with Crippen LogP contribution in [0.4, 0.5) is 0 Å². The summed E-state index contributed by atoms with van der Waals surface area (Å²) in [6.45, 7) is 3.79. The van der Waals surface area contributed by atoms with E-state index in [-0.39, 0.29) is 6.29 Å². The molecular weight excluding hydrogens is 212 g/mol. The molecule has 0 heterocycles. The van der Waals surface area contributed by atoms with Crippen LogP contribution in [-0.4, -0.2) is 38.6 Å². The first-order chi connectivity index (χ1) is 5.31. The van der Waals surface area contributed by atoms with Gasteiger partial charge in [0.2, 0.25) is 0 Å². The molecule has 0 saturated carbocycles. The summed E-state index contributed by atoms with van der Waals surface area (Å²) in [7, 11) is 1.62. The minimum absolute atomic E-state index is 0.137. The number of hydrogen-bond acceptors (Lipinski definition) is 3. The highest BCUT2D eigenvalue weighted by Crippen LogP contribution is 1.90. The van der Waals surface area contributed by atoms with Gasteiger partial charge in [-0.05, 0) is 6.92 Å². The Morgan fingerprint density at radius 1 is 1.27 bits per heavy atom. The standard InChI is InChI=1S/C7H15BrO3/c1-7(9-2)11-6-5-10-4-3-8/h7H,3-6H2,1-2H3/t7-/m0/s1. The maximum Gasteiger partial charge on any atom is 0.154 e. The Bertz CT molecular complexity index is 80.1. The van der Waals surface area contributed by atoms with Crippen molar-refractivity contribution < 1.29 is 14.2 Å². The number of halogens is 1. The van der Waals surface area contributed by atoms with Crippen LogP contribution in [0.3, 0.4) is 0 Å². The van der Waals surface area contributed by atoms with E-state index in [1.54, 1.807) is 7.11 Å². The van der Waals surface area contributed by atoms with Crippen LogP contribution in [0.15, 0.2) is 0 Å². The quantitative estimate of drug-likeness (QED) is 0.374. The minimum Gasteiger partial charge on any atom is -0.378 e. The van der Waals surface area contributed by atoms with Gasteiger partial charge in [-0.1, -0.05) is 15.9 Å². The van der Waals surface area contributed by atoms with Gasteiger partial charge in [-0.15, -0.1) is 0 Å². The highest BCUT2D eigenvalue weighted by molar-refractivity contribution is 9.09. The highest BCUT2D eigenvalue weighted by Gasteiger charge is 1.96. The van der Waals surface area contributed by atoms with Crippen LogP contribution in [-0.2, 0) is 14.2 Å². The molecule has 1 atom stereocenters. The molecule has 0 amide bonds. The van der Waals surface area contributed by atoms with Gasteiger partial charge < -0.3 is 14.2 Å². The molecule has 3 nitrogen and oxygen atoms in total. The molecule has 0 aliphatic rings. The number of hydrogen-bond donors (Lipinski definition) is 0. The summed E-state index contributed by atoms with van der Waals surface area (Å²) in [6, 6.07) is 0. The lowest BCUT2D eigenvalue weighted by Gasteiger charge is -2.10. The molecular formula is C7H15BrO3. The second-order valence-electron chi connectivity index (χ2n) is 1.98. The van der Waals surface area contributed by atoms with Crippen LogP contribution in [0, 0.1) is 0 Å². The lowest BCUT2D eigenvalue weighted by atomic mass is 10.7. The average Bonchev–Trinajstić information content (AvgIpc) is 2.04. The van der Waals surface area contributed by atoms with E-state index in [0.717, 1.165) is 11.9 Å². The third kappa shape index (κ3) is 8.26. The first-order valence-corrected chi connectivity index (χ1v) is 4.71. The minimum atomic E-state index is -0.137. The molecule has 0 saturated heterocycles. The van der Waals surface area contributed by atoms with Crippen molar-refractivity contribution >= 4 is 15.9 Å². The van der Waals surface area contributed by atoms with Crippen LogP contribution < -0.4 is 0 Å². The molecule has 0 fully saturated rings. The average molecular weight is 227 g/mol. The predicted octanol–water partition coefficient (Wildman–Crippen LogP) is 1.41. The number of rotatable bonds is 7. The van der Waals surface area contributed by atoms with E-state index < -0.39 is 0 Å². The maximum atomic E-state index is 5.18. The van der Waals surface area contributed by atoms with Crippen molar-refractivity contribution in [3.05, 3.63) is 0 Å². The second-order valence-corrected chi connectivity index (χ2v) is 2.77. The molecule has 0 aromatic carbocycles. The molecule has 0 radical (unpaired) electrons. The normalized spacial score (nSPS) is 13.4. The predicted molar refractivity (Wildman–Crippen MR) is 47.0 cm³/mol. The largest absolute Gasteiger partial charge is 0.378 e. The fourth-order valence-corrected chi connectivity index (χ4v) is 0.727. The van der Waals surface area contributed by atoms with E-state index in [9.17, 15) is 0 Å². The van der Waals surface area contributed by atoms with Gasteiger partial charge in [-0.25, -0.2) is 0 Å². The maximum absolute atomic E-state index is 5.18. The fourth-order valence-electron chi connectivity index (χ4n) is 0.498. The molecule has 68 valence electrons. The smallest absolute Gasteiger partial charge is 0.154 e. The van der Waals surface area contributed by atoms with E-state index in [2.05, 4.69) is 15.9 Å². The SMILES string of the molecule is CO[C@H](C)OCCOCCBr. The van der Waals surface area contributed by atoms with Crippen molar-refractivity contribution in [1.82, 2.24) is 0 Å². The van der Waals surface area contributed by atoms with Crippen LogP contribution >= 0.6 is 15.9 Å². The van der Waals surface area contributed by atoms with Gasteiger partial charge in [0.1, 0.15) is 0 Å². The van der Waals surface area contributed by atoms with Crippen LogP contribution in [0.2, 0.25) is 0 Å². The summed E-state index contributed by atoms with van der Waals surface area (Å²) in [5, 5.41) is 0.868. The number of methoxy groups -OCH3 is 1. The summed E-state index contributed by atoms with van der Waals surface area (Å²) < 4.78 is 15.2. The van der Waals surface area contributed by atoms with Gasteiger partial charge >= 0.3 is 0 Å².